The number of ether oxygens (including phenoxy) is 1. The SMILES string of the molecule is O=C(O)CC1CCN(C(=O)C2CCOCC2)CC1Cc1nc2ccccc2[nH]1. The number of aromatic amines is 1. The zero-order chi connectivity index (χ0) is 19.5. The molecule has 0 aliphatic carbocycles. The molecule has 0 spiro atoms. The van der Waals surface area contributed by atoms with Crippen molar-refractivity contribution >= 4 is 22.9 Å². The molecule has 7 heteroatoms. The van der Waals surface area contributed by atoms with E-state index < -0.39 is 5.97 Å². The first kappa shape index (κ1) is 18.9. The smallest absolute Gasteiger partial charge is 0.303 e. The van der Waals surface area contributed by atoms with E-state index in [4.69, 9.17) is 4.74 Å². The van der Waals surface area contributed by atoms with Gasteiger partial charge in [0.15, 0.2) is 0 Å². The van der Waals surface area contributed by atoms with E-state index in [9.17, 15) is 14.7 Å². The lowest BCUT2D eigenvalue weighted by Crippen LogP contribution is -2.48. The maximum Gasteiger partial charge on any atom is 0.303 e. The summed E-state index contributed by atoms with van der Waals surface area (Å²) in [5.41, 5.74) is 1.90. The summed E-state index contributed by atoms with van der Waals surface area (Å²) in [4.78, 5) is 34.3. The van der Waals surface area contributed by atoms with Gasteiger partial charge in [0.1, 0.15) is 5.82 Å². The summed E-state index contributed by atoms with van der Waals surface area (Å²) in [5.74, 6) is 0.479. The van der Waals surface area contributed by atoms with E-state index in [1.54, 1.807) is 0 Å². The summed E-state index contributed by atoms with van der Waals surface area (Å²) in [6.45, 7) is 2.54. The van der Waals surface area contributed by atoms with Crippen LogP contribution in [0.5, 0.6) is 0 Å². The highest BCUT2D eigenvalue weighted by atomic mass is 16.5. The number of nitrogens with zero attached hydrogens (tertiary/aromatic N) is 2. The Kier molecular flexibility index (Phi) is 5.62. The number of carbonyl (C=O) groups is 2. The lowest BCUT2D eigenvalue weighted by atomic mass is 9.80. The molecule has 2 N–H and O–H groups in total. The number of amides is 1. The molecule has 1 aromatic heterocycles. The van der Waals surface area contributed by atoms with Crippen molar-refractivity contribution in [3.05, 3.63) is 30.1 Å². The third-order valence-electron chi connectivity index (χ3n) is 6.10. The molecule has 0 radical (unpaired) electrons. The fourth-order valence-corrected chi connectivity index (χ4v) is 4.56. The van der Waals surface area contributed by atoms with Crippen LogP contribution in [0.1, 0.15) is 31.5 Å². The van der Waals surface area contributed by atoms with Crippen molar-refractivity contribution in [2.75, 3.05) is 26.3 Å². The number of fused-ring (bicyclic) bond motifs is 1. The van der Waals surface area contributed by atoms with Crippen LogP contribution in [-0.2, 0) is 20.7 Å². The van der Waals surface area contributed by atoms with Crippen LogP contribution in [0, 0.1) is 17.8 Å². The number of nitrogens with one attached hydrogen (secondary N) is 1. The van der Waals surface area contributed by atoms with Gasteiger partial charge in [0.2, 0.25) is 5.91 Å². The Labute approximate surface area is 164 Å². The van der Waals surface area contributed by atoms with Crippen LogP contribution in [0.2, 0.25) is 0 Å². The van der Waals surface area contributed by atoms with Gasteiger partial charge in [-0.3, -0.25) is 9.59 Å². The van der Waals surface area contributed by atoms with Crippen molar-refractivity contribution in [2.45, 2.75) is 32.1 Å². The van der Waals surface area contributed by atoms with E-state index in [2.05, 4.69) is 9.97 Å². The molecule has 7 nitrogen and oxygen atoms in total. The van der Waals surface area contributed by atoms with Gasteiger partial charge in [-0.2, -0.15) is 0 Å². The molecule has 1 aromatic carbocycles. The van der Waals surface area contributed by atoms with Crippen LogP contribution < -0.4 is 0 Å². The highest BCUT2D eigenvalue weighted by molar-refractivity contribution is 5.79. The number of piperidine rings is 1. The lowest BCUT2D eigenvalue weighted by molar-refractivity contribution is -0.142. The topological polar surface area (TPSA) is 95.5 Å². The Balaban J connectivity index is 1.49. The summed E-state index contributed by atoms with van der Waals surface area (Å²) in [5, 5.41) is 9.33. The van der Waals surface area contributed by atoms with Gasteiger partial charge in [-0.15, -0.1) is 0 Å². The molecular weight excluding hydrogens is 358 g/mol. The number of hydrogen-bond acceptors (Lipinski definition) is 4. The summed E-state index contributed by atoms with van der Waals surface area (Å²) >= 11 is 0. The average molecular weight is 385 g/mol. The molecule has 2 atom stereocenters. The molecule has 2 aliphatic rings. The molecule has 28 heavy (non-hydrogen) atoms. The third-order valence-corrected chi connectivity index (χ3v) is 6.10. The summed E-state index contributed by atoms with van der Waals surface area (Å²) < 4.78 is 5.38. The normalized spacial score (nSPS) is 23.8. The van der Waals surface area contributed by atoms with E-state index in [0.717, 1.165) is 36.1 Å². The van der Waals surface area contributed by atoms with E-state index in [1.165, 1.54) is 0 Å². The van der Waals surface area contributed by atoms with Gasteiger partial charge in [0.05, 0.1) is 11.0 Å². The highest BCUT2D eigenvalue weighted by Crippen LogP contribution is 2.31. The second-order valence-corrected chi connectivity index (χ2v) is 7.98. The Morgan fingerprint density at radius 1 is 1.18 bits per heavy atom. The molecule has 3 heterocycles. The maximum atomic E-state index is 13.0. The average Bonchev–Trinajstić information content (AvgIpc) is 3.11. The lowest BCUT2D eigenvalue weighted by Gasteiger charge is -2.40. The van der Waals surface area contributed by atoms with Crippen LogP contribution >= 0.6 is 0 Å². The summed E-state index contributed by atoms with van der Waals surface area (Å²) in [7, 11) is 0. The first-order chi connectivity index (χ1) is 13.6. The molecule has 2 unspecified atom stereocenters. The molecule has 0 bridgehead atoms. The number of H-pyrrole nitrogens is 1. The van der Waals surface area contributed by atoms with E-state index in [0.29, 0.717) is 32.7 Å². The van der Waals surface area contributed by atoms with Gasteiger partial charge in [-0.05, 0) is 43.2 Å². The molecule has 150 valence electrons. The number of rotatable bonds is 5. The molecule has 1 amide bonds. The standard InChI is InChI=1S/C21H27N3O4/c25-20(26)12-15-5-8-24(21(27)14-6-9-28-10-7-14)13-16(15)11-19-22-17-3-1-2-4-18(17)23-19/h1-4,14-16H,5-13H2,(H,22,23)(H,25,26). The van der Waals surface area contributed by atoms with E-state index in [-0.39, 0.29) is 30.1 Å². The van der Waals surface area contributed by atoms with Crippen LogP contribution in [-0.4, -0.2) is 58.2 Å². The number of imidazole rings is 1. The van der Waals surface area contributed by atoms with Crippen molar-refractivity contribution in [1.29, 1.82) is 0 Å². The van der Waals surface area contributed by atoms with Crippen molar-refractivity contribution in [2.24, 2.45) is 17.8 Å². The zero-order valence-electron chi connectivity index (χ0n) is 16.0. The van der Waals surface area contributed by atoms with Gasteiger partial charge < -0.3 is 19.7 Å². The molecule has 2 aliphatic heterocycles. The predicted molar refractivity (Wildman–Crippen MR) is 104 cm³/mol. The Morgan fingerprint density at radius 3 is 2.71 bits per heavy atom. The summed E-state index contributed by atoms with van der Waals surface area (Å²) in [6.07, 6.45) is 3.09. The van der Waals surface area contributed by atoms with Crippen LogP contribution in [0.15, 0.2) is 24.3 Å². The number of carboxylic acids is 1. The Morgan fingerprint density at radius 2 is 1.96 bits per heavy atom. The fraction of sp³-hybridized carbons (Fsp3) is 0.571. The first-order valence-corrected chi connectivity index (χ1v) is 10.1. The molecule has 2 saturated heterocycles. The largest absolute Gasteiger partial charge is 0.481 e. The van der Waals surface area contributed by atoms with Gasteiger partial charge >= 0.3 is 5.97 Å². The number of aliphatic carboxylic acids is 1. The maximum absolute atomic E-state index is 13.0. The molecule has 2 fully saturated rings. The third kappa shape index (κ3) is 4.19. The van der Waals surface area contributed by atoms with Crippen molar-refractivity contribution in [3.8, 4) is 0 Å². The van der Waals surface area contributed by atoms with Crippen LogP contribution in [0.25, 0.3) is 11.0 Å². The summed E-state index contributed by atoms with van der Waals surface area (Å²) in [6, 6.07) is 7.87. The van der Waals surface area contributed by atoms with E-state index in [1.807, 2.05) is 29.2 Å². The van der Waals surface area contributed by atoms with Gasteiger partial charge in [-0.1, -0.05) is 12.1 Å². The number of likely N-dealkylation sites (tertiary alicyclic amines) is 1. The van der Waals surface area contributed by atoms with E-state index >= 15 is 0 Å². The monoisotopic (exact) mass is 385 g/mol. The molecule has 0 saturated carbocycles. The van der Waals surface area contributed by atoms with Crippen molar-refractivity contribution in [3.63, 3.8) is 0 Å². The van der Waals surface area contributed by atoms with Gasteiger partial charge in [-0.25, -0.2) is 4.98 Å². The van der Waals surface area contributed by atoms with Gasteiger partial charge in [0.25, 0.3) is 0 Å². The highest BCUT2D eigenvalue weighted by Gasteiger charge is 2.35. The second kappa shape index (κ2) is 8.31. The first-order valence-electron chi connectivity index (χ1n) is 10.1. The predicted octanol–water partition coefficient (Wildman–Crippen LogP) is 2.47. The second-order valence-electron chi connectivity index (χ2n) is 7.98. The van der Waals surface area contributed by atoms with Gasteiger partial charge in [0, 0.05) is 45.1 Å². The van der Waals surface area contributed by atoms with Crippen LogP contribution in [0.3, 0.4) is 0 Å². The number of carboxylic acid groups (broad SMARTS) is 1. The van der Waals surface area contributed by atoms with Crippen LogP contribution in [0.4, 0.5) is 0 Å². The number of carbonyl (C=O) groups excluding carboxylic acids is 1. The molecular formula is C21H27N3O4. The minimum Gasteiger partial charge on any atom is -0.481 e. The number of hydrogen-bond donors (Lipinski definition) is 2. The van der Waals surface area contributed by atoms with Crippen molar-refractivity contribution in [1.82, 2.24) is 14.9 Å². The quantitative estimate of drug-likeness (QED) is 0.824. The number of para-hydroxylation sites is 2. The zero-order valence-corrected chi connectivity index (χ0v) is 16.0. The Bertz CT molecular complexity index is 810. The minimum absolute atomic E-state index is 0.0385. The fourth-order valence-electron chi connectivity index (χ4n) is 4.56. The molecule has 2 aromatic rings. The minimum atomic E-state index is -0.774. The van der Waals surface area contributed by atoms with Crippen molar-refractivity contribution < 1.29 is 19.4 Å². The number of aromatic nitrogens is 2. The number of benzene rings is 1. The molecule has 4 rings (SSSR count). The Hall–Kier alpha value is -2.41.